The third-order valence-electron chi connectivity index (χ3n) is 2.45. The number of phenolic OH excluding ortho intramolecular Hbond substituents is 1. The zero-order chi connectivity index (χ0) is 8.55. The highest BCUT2D eigenvalue weighted by Crippen LogP contribution is 2.35. The summed E-state index contributed by atoms with van der Waals surface area (Å²) >= 11 is 0. The summed E-state index contributed by atoms with van der Waals surface area (Å²) in [6, 6.07) is 5.96. The molecule has 1 nitrogen and oxygen atoms in total. The van der Waals surface area contributed by atoms with Crippen molar-refractivity contribution in [3.8, 4) is 5.75 Å². The summed E-state index contributed by atoms with van der Waals surface area (Å²) in [5.74, 6) is 1.32. The van der Waals surface area contributed by atoms with Crippen LogP contribution in [-0.2, 0) is 6.42 Å². The van der Waals surface area contributed by atoms with Crippen LogP contribution in [-0.4, -0.2) is 5.11 Å². The number of aromatic hydroxyl groups is 1. The van der Waals surface area contributed by atoms with Gasteiger partial charge in [-0.3, -0.25) is 0 Å². The maximum absolute atomic E-state index is 9.57. The van der Waals surface area contributed by atoms with E-state index in [0.717, 1.165) is 23.5 Å². The normalized spacial score (nSPS) is 16.4. The van der Waals surface area contributed by atoms with Gasteiger partial charge in [-0.05, 0) is 49.3 Å². The Morgan fingerprint density at radius 3 is 2.75 bits per heavy atom. The average Bonchev–Trinajstić information content (AvgIpc) is 2.79. The van der Waals surface area contributed by atoms with E-state index in [1.807, 2.05) is 19.1 Å². The molecule has 1 N–H and O–H groups in total. The highest BCUT2D eigenvalue weighted by atomic mass is 16.3. The lowest BCUT2D eigenvalue weighted by atomic mass is 10.1. The van der Waals surface area contributed by atoms with Crippen LogP contribution in [0.25, 0.3) is 0 Å². The van der Waals surface area contributed by atoms with E-state index in [0.29, 0.717) is 5.75 Å². The first-order valence-corrected chi connectivity index (χ1v) is 4.54. The predicted molar refractivity (Wildman–Crippen MR) is 49.3 cm³/mol. The minimum atomic E-state index is 0.474. The molecule has 0 aliphatic heterocycles. The fourth-order valence-corrected chi connectivity index (χ4v) is 1.48. The molecule has 0 spiro atoms. The number of hydrogen-bond acceptors (Lipinski definition) is 1. The summed E-state index contributed by atoms with van der Waals surface area (Å²) in [7, 11) is 0. The lowest BCUT2D eigenvalue weighted by Gasteiger charge is -2.03. The quantitative estimate of drug-likeness (QED) is 0.708. The maximum Gasteiger partial charge on any atom is 0.119 e. The molecule has 1 saturated carbocycles. The molecule has 1 heteroatoms. The van der Waals surface area contributed by atoms with Crippen LogP contribution in [0, 0.1) is 12.8 Å². The molecule has 0 radical (unpaired) electrons. The first kappa shape index (κ1) is 7.66. The van der Waals surface area contributed by atoms with Crippen LogP contribution in [0.3, 0.4) is 0 Å². The molecule has 0 amide bonds. The topological polar surface area (TPSA) is 20.2 Å². The molecule has 0 unspecified atom stereocenters. The van der Waals surface area contributed by atoms with E-state index in [-0.39, 0.29) is 0 Å². The van der Waals surface area contributed by atoms with Gasteiger partial charge in [0.2, 0.25) is 0 Å². The Balaban J connectivity index is 2.18. The Morgan fingerprint density at radius 1 is 1.42 bits per heavy atom. The number of benzene rings is 1. The van der Waals surface area contributed by atoms with Gasteiger partial charge in [-0.1, -0.05) is 12.1 Å². The maximum atomic E-state index is 9.57. The van der Waals surface area contributed by atoms with E-state index >= 15 is 0 Å². The highest BCUT2D eigenvalue weighted by molar-refractivity contribution is 5.36. The van der Waals surface area contributed by atoms with Crippen LogP contribution < -0.4 is 0 Å². The van der Waals surface area contributed by atoms with E-state index in [4.69, 9.17) is 0 Å². The highest BCUT2D eigenvalue weighted by Gasteiger charge is 2.22. The Hall–Kier alpha value is -0.980. The van der Waals surface area contributed by atoms with Crippen LogP contribution in [0.4, 0.5) is 0 Å². The summed E-state index contributed by atoms with van der Waals surface area (Å²) < 4.78 is 0. The van der Waals surface area contributed by atoms with E-state index < -0.39 is 0 Å². The molecular formula is C11H14O. The molecule has 12 heavy (non-hydrogen) atoms. The minimum absolute atomic E-state index is 0.474. The standard InChI is InChI=1S/C11H14O/c1-8-2-5-10(11(12)6-8)7-9-3-4-9/h2,5-6,9,12H,3-4,7H2,1H3. The van der Waals surface area contributed by atoms with Gasteiger partial charge in [0.1, 0.15) is 5.75 Å². The van der Waals surface area contributed by atoms with Gasteiger partial charge in [-0.15, -0.1) is 0 Å². The van der Waals surface area contributed by atoms with Gasteiger partial charge < -0.3 is 5.11 Å². The molecule has 0 saturated heterocycles. The summed E-state index contributed by atoms with van der Waals surface area (Å²) in [6.45, 7) is 2.00. The Labute approximate surface area is 73.0 Å². The fraction of sp³-hybridized carbons (Fsp3) is 0.455. The molecule has 0 aromatic heterocycles. The summed E-state index contributed by atoms with van der Waals surface area (Å²) in [6.07, 6.45) is 3.74. The second-order valence-electron chi connectivity index (χ2n) is 3.78. The number of hydrogen-bond donors (Lipinski definition) is 1. The van der Waals surface area contributed by atoms with Gasteiger partial charge in [0, 0.05) is 0 Å². The minimum Gasteiger partial charge on any atom is -0.508 e. The largest absolute Gasteiger partial charge is 0.508 e. The van der Waals surface area contributed by atoms with Gasteiger partial charge >= 0.3 is 0 Å². The molecule has 0 heterocycles. The predicted octanol–water partition coefficient (Wildman–Crippen LogP) is 2.65. The summed E-state index contributed by atoms with van der Waals surface area (Å²) in [5.41, 5.74) is 2.25. The Kier molecular flexibility index (Phi) is 1.80. The van der Waals surface area contributed by atoms with Gasteiger partial charge in [0.15, 0.2) is 0 Å². The molecule has 1 aliphatic rings. The number of phenols is 1. The lowest BCUT2D eigenvalue weighted by molar-refractivity contribution is 0.466. The van der Waals surface area contributed by atoms with Gasteiger partial charge in [-0.25, -0.2) is 0 Å². The molecule has 1 fully saturated rings. The number of aryl methyl sites for hydroxylation is 1. The summed E-state index contributed by atoms with van der Waals surface area (Å²) in [5, 5.41) is 9.57. The zero-order valence-corrected chi connectivity index (χ0v) is 7.38. The zero-order valence-electron chi connectivity index (χ0n) is 7.38. The molecule has 1 aromatic rings. The Morgan fingerprint density at radius 2 is 2.17 bits per heavy atom. The lowest BCUT2D eigenvalue weighted by Crippen LogP contribution is -1.87. The van der Waals surface area contributed by atoms with Crippen molar-refractivity contribution in [2.75, 3.05) is 0 Å². The van der Waals surface area contributed by atoms with Crippen molar-refractivity contribution in [2.45, 2.75) is 26.2 Å². The van der Waals surface area contributed by atoms with Crippen LogP contribution in [0.2, 0.25) is 0 Å². The average molecular weight is 162 g/mol. The van der Waals surface area contributed by atoms with Crippen molar-refractivity contribution in [3.63, 3.8) is 0 Å². The van der Waals surface area contributed by atoms with Crippen molar-refractivity contribution in [3.05, 3.63) is 29.3 Å². The van der Waals surface area contributed by atoms with E-state index in [9.17, 15) is 5.11 Å². The van der Waals surface area contributed by atoms with Crippen LogP contribution in [0.1, 0.15) is 24.0 Å². The second-order valence-corrected chi connectivity index (χ2v) is 3.78. The van der Waals surface area contributed by atoms with E-state index in [1.54, 1.807) is 0 Å². The van der Waals surface area contributed by atoms with E-state index in [2.05, 4.69) is 6.07 Å². The van der Waals surface area contributed by atoms with Crippen LogP contribution >= 0.6 is 0 Å². The van der Waals surface area contributed by atoms with Gasteiger partial charge in [0.25, 0.3) is 0 Å². The monoisotopic (exact) mass is 162 g/mol. The molecule has 64 valence electrons. The van der Waals surface area contributed by atoms with Crippen molar-refractivity contribution in [1.29, 1.82) is 0 Å². The molecule has 2 rings (SSSR count). The van der Waals surface area contributed by atoms with Crippen LogP contribution in [0.15, 0.2) is 18.2 Å². The Bertz CT molecular complexity index is 287. The van der Waals surface area contributed by atoms with Crippen molar-refractivity contribution in [1.82, 2.24) is 0 Å². The third kappa shape index (κ3) is 1.60. The van der Waals surface area contributed by atoms with Crippen molar-refractivity contribution >= 4 is 0 Å². The van der Waals surface area contributed by atoms with Crippen LogP contribution in [0.5, 0.6) is 5.75 Å². The summed E-state index contributed by atoms with van der Waals surface area (Å²) in [4.78, 5) is 0. The first-order valence-electron chi connectivity index (χ1n) is 4.54. The van der Waals surface area contributed by atoms with Gasteiger partial charge in [0.05, 0.1) is 0 Å². The fourth-order valence-electron chi connectivity index (χ4n) is 1.48. The van der Waals surface area contributed by atoms with Gasteiger partial charge in [-0.2, -0.15) is 0 Å². The molecule has 0 atom stereocenters. The first-order chi connectivity index (χ1) is 5.75. The van der Waals surface area contributed by atoms with Crippen molar-refractivity contribution in [2.24, 2.45) is 5.92 Å². The van der Waals surface area contributed by atoms with E-state index in [1.165, 1.54) is 12.8 Å². The molecule has 1 aromatic carbocycles. The molecular weight excluding hydrogens is 148 g/mol. The molecule has 1 aliphatic carbocycles. The molecule has 0 bridgehead atoms. The van der Waals surface area contributed by atoms with Crippen molar-refractivity contribution < 1.29 is 5.11 Å². The second kappa shape index (κ2) is 2.81. The third-order valence-corrected chi connectivity index (χ3v) is 2.45. The number of rotatable bonds is 2. The SMILES string of the molecule is Cc1ccc(CC2CC2)c(O)c1. The smallest absolute Gasteiger partial charge is 0.119 e.